The molecule has 0 aromatic carbocycles. The van der Waals surface area contributed by atoms with Crippen molar-refractivity contribution in [2.75, 3.05) is 32.7 Å². The molecule has 2 heterocycles. The van der Waals surface area contributed by atoms with Crippen LogP contribution in [0.15, 0.2) is 6.20 Å². The van der Waals surface area contributed by atoms with Crippen LogP contribution in [0.2, 0.25) is 0 Å². The fourth-order valence-corrected chi connectivity index (χ4v) is 2.08. The molecule has 6 heteroatoms. The van der Waals surface area contributed by atoms with Gasteiger partial charge in [0.25, 0.3) is 5.91 Å². The van der Waals surface area contributed by atoms with Gasteiger partial charge < -0.3 is 4.90 Å². The topological polar surface area (TPSA) is 65.1 Å². The van der Waals surface area contributed by atoms with Crippen LogP contribution < -0.4 is 0 Å². The van der Waals surface area contributed by atoms with Crippen molar-refractivity contribution in [2.45, 2.75) is 20.3 Å². The Morgan fingerprint density at radius 3 is 2.67 bits per heavy atom. The second-order valence-corrected chi connectivity index (χ2v) is 5.17. The number of H-pyrrole nitrogens is 1. The summed E-state index contributed by atoms with van der Waals surface area (Å²) in [5.41, 5.74) is 0.408. The van der Waals surface area contributed by atoms with Gasteiger partial charge in [0, 0.05) is 26.2 Å². The minimum Gasteiger partial charge on any atom is -0.335 e. The number of carbonyl (C=O) groups excluding carboxylic acids is 1. The lowest BCUT2D eigenvalue weighted by molar-refractivity contribution is 0.0626. The summed E-state index contributed by atoms with van der Waals surface area (Å²) in [6.07, 6.45) is 2.70. The van der Waals surface area contributed by atoms with Gasteiger partial charge in [0.2, 0.25) is 0 Å². The van der Waals surface area contributed by atoms with E-state index in [9.17, 15) is 4.79 Å². The van der Waals surface area contributed by atoms with E-state index < -0.39 is 0 Å². The summed E-state index contributed by atoms with van der Waals surface area (Å²) < 4.78 is 0. The number of nitrogens with one attached hydrogen (secondary N) is 1. The standard InChI is InChI=1S/C12H21N5O/c1-10(2)3-4-16-5-7-17(8-6-16)12(18)11-9-13-15-14-11/h9-10H,3-8H2,1-2H3,(H,13,14,15). The first-order chi connectivity index (χ1) is 8.66. The molecule has 0 aliphatic carbocycles. The summed E-state index contributed by atoms with van der Waals surface area (Å²) in [5, 5.41) is 9.97. The van der Waals surface area contributed by atoms with Crippen molar-refractivity contribution in [1.82, 2.24) is 25.2 Å². The fourth-order valence-electron chi connectivity index (χ4n) is 2.08. The van der Waals surface area contributed by atoms with Gasteiger partial charge >= 0.3 is 0 Å². The average molecular weight is 251 g/mol. The Hall–Kier alpha value is -1.43. The van der Waals surface area contributed by atoms with Crippen LogP contribution in [-0.4, -0.2) is 63.8 Å². The van der Waals surface area contributed by atoms with Crippen molar-refractivity contribution in [1.29, 1.82) is 0 Å². The van der Waals surface area contributed by atoms with Crippen LogP contribution in [0.3, 0.4) is 0 Å². The van der Waals surface area contributed by atoms with Crippen molar-refractivity contribution in [3.05, 3.63) is 11.9 Å². The Morgan fingerprint density at radius 1 is 1.39 bits per heavy atom. The van der Waals surface area contributed by atoms with Gasteiger partial charge in [-0.1, -0.05) is 13.8 Å². The van der Waals surface area contributed by atoms with E-state index in [1.165, 1.54) is 12.6 Å². The van der Waals surface area contributed by atoms with Gasteiger partial charge in [-0.15, -0.1) is 0 Å². The maximum absolute atomic E-state index is 12.0. The molecule has 1 aromatic rings. The van der Waals surface area contributed by atoms with Crippen LogP contribution >= 0.6 is 0 Å². The predicted molar refractivity (Wildman–Crippen MR) is 68.2 cm³/mol. The quantitative estimate of drug-likeness (QED) is 0.851. The van der Waals surface area contributed by atoms with E-state index >= 15 is 0 Å². The molecule has 2 rings (SSSR count). The maximum Gasteiger partial charge on any atom is 0.276 e. The third-order valence-corrected chi connectivity index (χ3v) is 3.32. The van der Waals surface area contributed by atoms with Crippen molar-refractivity contribution >= 4 is 5.91 Å². The van der Waals surface area contributed by atoms with E-state index in [2.05, 4.69) is 34.2 Å². The summed E-state index contributed by atoms with van der Waals surface area (Å²) >= 11 is 0. The van der Waals surface area contributed by atoms with Crippen molar-refractivity contribution in [3.63, 3.8) is 0 Å². The van der Waals surface area contributed by atoms with Gasteiger partial charge in [0.05, 0.1) is 6.20 Å². The second kappa shape index (κ2) is 5.95. The van der Waals surface area contributed by atoms with Gasteiger partial charge in [-0.2, -0.15) is 15.4 Å². The summed E-state index contributed by atoms with van der Waals surface area (Å²) in [6.45, 7) is 9.08. The van der Waals surface area contributed by atoms with E-state index in [0.29, 0.717) is 5.69 Å². The second-order valence-electron chi connectivity index (χ2n) is 5.17. The predicted octanol–water partition coefficient (Wildman–Crippen LogP) is 0.609. The molecular weight excluding hydrogens is 230 g/mol. The number of hydrogen-bond donors (Lipinski definition) is 1. The molecule has 1 aliphatic rings. The lowest BCUT2D eigenvalue weighted by Gasteiger charge is -2.34. The van der Waals surface area contributed by atoms with Crippen LogP contribution in [0.5, 0.6) is 0 Å². The average Bonchev–Trinajstić information content (AvgIpc) is 2.90. The highest BCUT2D eigenvalue weighted by molar-refractivity contribution is 5.91. The third kappa shape index (κ3) is 3.29. The van der Waals surface area contributed by atoms with Gasteiger partial charge in [0.1, 0.15) is 0 Å². The van der Waals surface area contributed by atoms with Gasteiger partial charge in [0.15, 0.2) is 5.69 Å². The smallest absolute Gasteiger partial charge is 0.276 e. The zero-order chi connectivity index (χ0) is 13.0. The zero-order valence-corrected chi connectivity index (χ0v) is 11.1. The van der Waals surface area contributed by atoms with Crippen LogP contribution in [0, 0.1) is 5.92 Å². The van der Waals surface area contributed by atoms with Crippen molar-refractivity contribution in [3.8, 4) is 0 Å². The zero-order valence-electron chi connectivity index (χ0n) is 11.1. The molecule has 0 atom stereocenters. The van der Waals surface area contributed by atoms with Gasteiger partial charge in [-0.25, -0.2) is 0 Å². The molecule has 6 nitrogen and oxygen atoms in total. The molecule has 0 saturated carbocycles. The monoisotopic (exact) mass is 251 g/mol. The van der Waals surface area contributed by atoms with E-state index in [0.717, 1.165) is 38.6 Å². The number of piperazine rings is 1. The third-order valence-electron chi connectivity index (χ3n) is 3.32. The van der Waals surface area contributed by atoms with Gasteiger partial charge in [-0.3, -0.25) is 9.69 Å². The molecule has 1 aromatic heterocycles. The van der Waals surface area contributed by atoms with Gasteiger partial charge in [-0.05, 0) is 18.9 Å². The molecule has 1 aliphatic heterocycles. The molecule has 0 unspecified atom stereocenters. The van der Waals surface area contributed by atoms with E-state index in [-0.39, 0.29) is 5.91 Å². The highest BCUT2D eigenvalue weighted by atomic mass is 16.2. The summed E-state index contributed by atoms with van der Waals surface area (Å²) in [5.74, 6) is 0.715. The summed E-state index contributed by atoms with van der Waals surface area (Å²) in [7, 11) is 0. The Bertz CT molecular complexity index is 368. The van der Waals surface area contributed by atoms with Crippen LogP contribution in [0.25, 0.3) is 0 Å². The van der Waals surface area contributed by atoms with Crippen molar-refractivity contribution in [2.24, 2.45) is 5.92 Å². The number of nitrogens with zero attached hydrogens (tertiary/aromatic N) is 4. The van der Waals surface area contributed by atoms with Crippen molar-refractivity contribution < 1.29 is 4.79 Å². The first-order valence-corrected chi connectivity index (χ1v) is 6.54. The lowest BCUT2D eigenvalue weighted by Crippen LogP contribution is -2.49. The molecule has 1 saturated heterocycles. The molecule has 1 fully saturated rings. The number of hydrogen-bond acceptors (Lipinski definition) is 4. The minimum atomic E-state index is -0.0211. The fraction of sp³-hybridized carbons (Fsp3) is 0.750. The SMILES string of the molecule is CC(C)CCN1CCN(C(=O)c2cn[nH]n2)CC1. The normalized spacial score (nSPS) is 17.4. The van der Waals surface area contributed by atoms with E-state index in [1.807, 2.05) is 4.90 Å². The molecule has 0 radical (unpaired) electrons. The van der Waals surface area contributed by atoms with Crippen LogP contribution in [0.4, 0.5) is 0 Å². The molecule has 0 bridgehead atoms. The number of aromatic nitrogens is 3. The number of amides is 1. The first kappa shape index (κ1) is 13.0. The Labute approximate surface area is 107 Å². The number of carbonyl (C=O) groups is 1. The van der Waals surface area contributed by atoms with E-state index in [1.54, 1.807) is 0 Å². The number of rotatable bonds is 4. The van der Waals surface area contributed by atoms with E-state index in [4.69, 9.17) is 0 Å². The first-order valence-electron chi connectivity index (χ1n) is 6.54. The molecule has 18 heavy (non-hydrogen) atoms. The highest BCUT2D eigenvalue weighted by Gasteiger charge is 2.23. The summed E-state index contributed by atoms with van der Waals surface area (Å²) in [4.78, 5) is 16.3. The van der Waals surface area contributed by atoms with Crippen LogP contribution in [0.1, 0.15) is 30.8 Å². The summed E-state index contributed by atoms with van der Waals surface area (Å²) in [6, 6.07) is 0. The molecule has 100 valence electrons. The minimum absolute atomic E-state index is 0.0211. The largest absolute Gasteiger partial charge is 0.335 e. The highest BCUT2D eigenvalue weighted by Crippen LogP contribution is 2.08. The molecular formula is C12H21N5O. The molecule has 1 N–H and O–H groups in total. The molecule has 1 amide bonds. The van der Waals surface area contributed by atoms with Crippen LogP contribution in [-0.2, 0) is 0 Å². The molecule has 0 spiro atoms. The maximum atomic E-state index is 12.0. The Morgan fingerprint density at radius 2 is 2.11 bits per heavy atom. The number of aromatic amines is 1. The Kier molecular flexibility index (Phi) is 4.30. The lowest BCUT2D eigenvalue weighted by atomic mass is 10.1. The Balaban J connectivity index is 1.78.